The van der Waals surface area contributed by atoms with E-state index in [1.165, 1.54) is 5.56 Å². The van der Waals surface area contributed by atoms with Gasteiger partial charge < -0.3 is 14.8 Å². The van der Waals surface area contributed by atoms with Gasteiger partial charge in [0.2, 0.25) is 0 Å². The van der Waals surface area contributed by atoms with Gasteiger partial charge in [0.1, 0.15) is 6.61 Å². The Balaban J connectivity index is 1.64. The summed E-state index contributed by atoms with van der Waals surface area (Å²) < 4.78 is 12.4. The van der Waals surface area contributed by atoms with E-state index in [-0.39, 0.29) is 0 Å². The number of nitrogens with one attached hydrogen (secondary N) is 1. The van der Waals surface area contributed by atoms with Gasteiger partial charge in [-0.2, -0.15) is 0 Å². The fraction of sp³-hybridized carbons (Fsp3) is 0.227. The SMILES string of the molecule is COc1cc(CNCc2cccnc2)cc(Br)c1OCc1ccc(C)cc1. The van der Waals surface area contributed by atoms with Gasteiger partial charge in [0, 0.05) is 25.5 Å². The molecule has 0 spiro atoms. The third-order valence-corrected chi connectivity index (χ3v) is 4.76. The van der Waals surface area contributed by atoms with Crippen molar-refractivity contribution in [3.8, 4) is 11.5 Å². The van der Waals surface area contributed by atoms with Crippen LogP contribution in [0.1, 0.15) is 22.3 Å². The Morgan fingerprint density at radius 3 is 2.48 bits per heavy atom. The molecule has 0 aliphatic rings. The molecule has 0 atom stereocenters. The molecule has 0 aliphatic heterocycles. The first kappa shape index (κ1) is 19.4. The molecule has 0 saturated heterocycles. The lowest BCUT2D eigenvalue weighted by Crippen LogP contribution is -2.13. The zero-order valence-corrected chi connectivity index (χ0v) is 17.1. The first-order chi connectivity index (χ1) is 13.2. The molecular weight excluding hydrogens is 404 g/mol. The van der Waals surface area contributed by atoms with Crippen molar-refractivity contribution in [2.75, 3.05) is 7.11 Å². The predicted octanol–water partition coefficient (Wildman–Crippen LogP) is 5.03. The van der Waals surface area contributed by atoms with E-state index in [0.29, 0.717) is 12.4 Å². The molecule has 1 heterocycles. The van der Waals surface area contributed by atoms with Crippen molar-refractivity contribution in [3.05, 3.63) is 87.7 Å². The molecule has 1 aromatic heterocycles. The van der Waals surface area contributed by atoms with Crippen LogP contribution in [0.5, 0.6) is 11.5 Å². The molecule has 4 nitrogen and oxygen atoms in total. The standard InChI is InChI=1S/C22H23BrN2O2/c1-16-5-7-17(8-6-16)15-27-22-20(23)10-19(11-21(22)26-2)14-25-13-18-4-3-9-24-12-18/h3-12,25H,13-15H2,1-2H3. The molecule has 0 bridgehead atoms. The van der Waals surface area contributed by atoms with Crippen LogP contribution in [-0.2, 0) is 19.7 Å². The fourth-order valence-electron chi connectivity index (χ4n) is 2.71. The minimum absolute atomic E-state index is 0.494. The minimum Gasteiger partial charge on any atom is -0.493 e. The van der Waals surface area contributed by atoms with Gasteiger partial charge in [-0.1, -0.05) is 35.9 Å². The summed E-state index contributed by atoms with van der Waals surface area (Å²) in [7, 11) is 1.66. The van der Waals surface area contributed by atoms with Crippen molar-refractivity contribution in [2.45, 2.75) is 26.6 Å². The van der Waals surface area contributed by atoms with Gasteiger partial charge in [0.15, 0.2) is 11.5 Å². The first-order valence-corrected chi connectivity index (χ1v) is 9.59. The van der Waals surface area contributed by atoms with Crippen LogP contribution >= 0.6 is 15.9 Å². The fourth-order valence-corrected chi connectivity index (χ4v) is 3.31. The third kappa shape index (κ3) is 5.55. The third-order valence-electron chi connectivity index (χ3n) is 4.17. The number of hydrogen-bond acceptors (Lipinski definition) is 4. The summed E-state index contributed by atoms with van der Waals surface area (Å²) in [5.74, 6) is 1.43. The smallest absolute Gasteiger partial charge is 0.175 e. The number of benzene rings is 2. The highest BCUT2D eigenvalue weighted by molar-refractivity contribution is 9.10. The monoisotopic (exact) mass is 426 g/mol. The summed E-state index contributed by atoms with van der Waals surface area (Å²) in [6.07, 6.45) is 3.65. The molecule has 3 rings (SSSR count). The summed E-state index contributed by atoms with van der Waals surface area (Å²) in [6.45, 7) is 4.06. The normalized spacial score (nSPS) is 10.6. The first-order valence-electron chi connectivity index (χ1n) is 8.80. The van der Waals surface area contributed by atoms with Crippen molar-refractivity contribution >= 4 is 15.9 Å². The number of aromatic nitrogens is 1. The summed E-state index contributed by atoms with van der Waals surface area (Å²) >= 11 is 3.62. The molecule has 2 aromatic carbocycles. The topological polar surface area (TPSA) is 43.4 Å². The Morgan fingerprint density at radius 1 is 1.00 bits per heavy atom. The van der Waals surface area contributed by atoms with Gasteiger partial charge in [-0.25, -0.2) is 0 Å². The molecule has 140 valence electrons. The van der Waals surface area contributed by atoms with Crippen molar-refractivity contribution in [2.24, 2.45) is 0 Å². The van der Waals surface area contributed by atoms with Crippen molar-refractivity contribution < 1.29 is 9.47 Å². The Kier molecular flexibility index (Phi) is 6.85. The number of methoxy groups -OCH3 is 1. The Hall–Kier alpha value is -2.37. The van der Waals surface area contributed by atoms with Gasteiger partial charge in [-0.15, -0.1) is 0 Å². The van der Waals surface area contributed by atoms with Gasteiger partial charge in [-0.05, 0) is 57.7 Å². The van der Waals surface area contributed by atoms with Crippen LogP contribution in [0.15, 0.2) is 65.4 Å². The molecule has 5 heteroatoms. The van der Waals surface area contributed by atoms with Crippen molar-refractivity contribution in [1.29, 1.82) is 0 Å². The van der Waals surface area contributed by atoms with Gasteiger partial charge in [0.05, 0.1) is 11.6 Å². The highest BCUT2D eigenvalue weighted by atomic mass is 79.9. The largest absolute Gasteiger partial charge is 0.493 e. The van der Waals surface area contributed by atoms with E-state index in [0.717, 1.165) is 40.0 Å². The van der Waals surface area contributed by atoms with Crippen molar-refractivity contribution in [1.82, 2.24) is 10.3 Å². The summed E-state index contributed by atoms with van der Waals surface area (Å²) in [4.78, 5) is 4.13. The lowest BCUT2D eigenvalue weighted by Gasteiger charge is -2.15. The second-order valence-corrected chi connectivity index (χ2v) is 7.20. The molecule has 0 amide bonds. The van der Waals surface area contributed by atoms with E-state index in [2.05, 4.69) is 69.6 Å². The number of rotatable bonds is 8. The molecule has 1 N–H and O–H groups in total. The average molecular weight is 427 g/mol. The average Bonchev–Trinajstić information content (AvgIpc) is 2.69. The molecular formula is C22H23BrN2O2. The lowest BCUT2D eigenvalue weighted by molar-refractivity contribution is 0.282. The Labute approximate surface area is 168 Å². The predicted molar refractivity (Wildman–Crippen MR) is 111 cm³/mol. The van der Waals surface area contributed by atoms with Crippen LogP contribution in [0.2, 0.25) is 0 Å². The maximum atomic E-state index is 6.01. The quantitative estimate of drug-likeness (QED) is 0.548. The molecule has 0 unspecified atom stereocenters. The Morgan fingerprint density at radius 2 is 1.78 bits per heavy atom. The van der Waals surface area contributed by atoms with E-state index < -0.39 is 0 Å². The van der Waals surface area contributed by atoms with E-state index >= 15 is 0 Å². The number of hydrogen-bond donors (Lipinski definition) is 1. The number of ether oxygens (including phenoxy) is 2. The zero-order chi connectivity index (χ0) is 19.1. The van der Waals surface area contributed by atoms with Crippen LogP contribution in [0, 0.1) is 6.92 Å². The summed E-state index contributed by atoms with van der Waals surface area (Å²) in [5.41, 5.74) is 4.63. The maximum Gasteiger partial charge on any atom is 0.175 e. The maximum absolute atomic E-state index is 6.01. The van der Waals surface area contributed by atoms with Crippen LogP contribution in [0.25, 0.3) is 0 Å². The van der Waals surface area contributed by atoms with Crippen LogP contribution < -0.4 is 14.8 Å². The lowest BCUT2D eigenvalue weighted by atomic mass is 10.1. The van der Waals surface area contributed by atoms with Crippen molar-refractivity contribution in [3.63, 3.8) is 0 Å². The highest BCUT2D eigenvalue weighted by Gasteiger charge is 2.12. The van der Waals surface area contributed by atoms with Gasteiger partial charge >= 0.3 is 0 Å². The number of nitrogens with zero attached hydrogens (tertiary/aromatic N) is 1. The second-order valence-electron chi connectivity index (χ2n) is 6.35. The molecule has 0 radical (unpaired) electrons. The molecule has 27 heavy (non-hydrogen) atoms. The second kappa shape index (κ2) is 9.53. The van der Waals surface area contributed by atoms with Crippen LogP contribution in [0.3, 0.4) is 0 Å². The molecule has 0 fully saturated rings. The van der Waals surface area contributed by atoms with Crippen LogP contribution in [-0.4, -0.2) is 12.1 Å². The summed E-state index contributed by atoms with van der Waals surface area (Å²) in [6, 6.07) is 16.4. The highest BCUT2D eigenvalue weighted by Crippen LogP contribution is 2.37. The van der Waals surface area contributed by atoms with Crippen LogP contribution in [0.4, 0.5) is 0 Å². The molecule has 0 aliphatic carbocycles. The molecule has 0 saturated carbocycles. The number of halogens is 1. The van der Waals surface area contributed by atoms with Gasteiger partial charge in [-0.3, -0.25) is 4.98 Å². The van der Waals surface area contributed by atoms with E-state index in [9.17, 15) is 0 Å². The minimum atomic E-state index is 0.494. The summed E-state index contributed by atoms with van der Waals surface area (Å²) in [5, 5.41) is 3.42. The van der Waals surface area contributed by atoms with E-state index in [1.807, 2.05) is 18.3 Å². The Bertz CT molecular complexity index is 867. The molecule has 3 aromatic rings. The number of pyridine rings is 1. The zero-order valence-electron chi connectivity index (χ0n) is 15.5. The number of aryl methyl sites for hydroxylation is 1. The van der Waals surface area contributed by atoms with E-state index in [1.54, 1.807) is 13.3 Å². The van der Waals surface area contributed by atoms with Gasteiger partial charge in [0.25, 0.3) is 0 Å². The van der Waals surface area contributed by atoms with E-state index in [4.69, 9.17) is 9.47 Å².